The van der Waals surface area contributed by atoms with Crippen molar-refractivity contribution in [1.29, 1.82) is 0 Å². The predicted octanol–water partition coefficient (Wildman–Crippen LogP) is 16.5. The summed E-state index contributed by atoms with van der Waals surface area (Å²) < 4.78 is 91.3. The van der Waals surface area contributed by atoms with Crippen LogP contribution in [0.25, 0.3) is 0 Å². The SMILES string of the molecule is CC.CC(C)(c1ccc(OCC2CO2)cc1)c1ccc(C(C)(c2ccc(OCC3CO3)cc2)c2ccc(OCC3CO3)cc2)cc1.CCC.CCC.COCN(COC)c1nc(N(COC)COC)nc(N(COC)COC)n1.Cc1ccccc1OC1CC1.Cc1ccccc1OC1CO1.Cc1ccccc1OC1CO1. The van der Waals surface area contributed by atoms with Crippen molar-refractivity contribution in [2.24, 2.45) is 0 Å². The van der Waals surface area contributed by atoms with E-state index in [0.29, 0.717) is 43.8 Å². The lowest BCUT2D eigenvalue weighted by Crippen LogP contribution is -2.36. The minimum Gasteiger partial charge on any atom is -0.491 e. The van der Waals surface area contributed by atoms with Gasteiger partial charge >= 0.3 is 0 Å². The Morgan fingerprint density at radius 3 is 0.830 bits per heavy atom. The van der Waals surface area contributed by atoms with E-state index in [4.69, 9.17) is 80.5 Å². The van der Waals surface area contributed by atoms with E-state index < -0.39 is 5.41 Å². The summed E-state index contributed by atoms with van der Waals surface area (Å²) in [5.74, 6) is 6.59. The van der Waals surface area contributed by atoms with Crippen molar-refractivity contribution >= 4 is 17.8 Å². The fourth-order valence-corrected chi connectivity index (χ4v) is 10.8. The predicted molar refractivity (Wildman–Crippen MR) is 439 cm³/mol. The summed E-state index contributed by atoms with van der Waals surface area (Å²) in [7, 11) is 9.48. The molecule has 7 aromatic carbocycles. The zero-order valence-electron chi connectivity index (χ0n) is 69.5. The molecular formula is C89H124N6O17. The zero-order valence-corrected chi connectivity index (χ0v) is 69.5. The maximum atomic E-state index is 5.94. The molecule has 5 unspecified atom stereocenters. The molecule has 6 aliphatic rings. The Balaban J connectivity index is 0.000000215. The lowest BCUT2D eigenvalue weighted by molar-refractivity contribution is 0.134. The minimum atomic E-state index is -0.400. The Morgan fingerprint density at radius 1 is 0.348 bits per heavy atom. The van der Waals surface area contributed by atoms with Gasteiger partial charge in [0.05, 0.1) is 25.9 Å². The highest BCUT2D eigenvalue weighted by Gasteiger charge is 2.34. The molecule has 8 aromatic rings. The molecule has 0 spiro atoms. The molecule has 112 heavy (non-hydrogen) atoms. The molecule has 6 heterocycles. The van der Waals surface area contributed by atoms with Crippen LogP contribution in [0.4, 0.5) is 17.8 Å². The zero-order chi connectivity index (χ0) is 80.7. The van der Waals surface area contributed by atoms with Gasteiger partial charge in [-0.25, -0.2) is 0 Å². The second-order valence-corrected chi connectivity index (χ2v) is 27.9. The highest BCUT2D eigenvalue weighted by Crippen LogP contribution is 2.42. The van der Waals surface area contributed by atoms with Crippen molar-refractivity contribution in [2.45, 2.75) is 157 Å². The largest absolute Gasteiger partial charge is 0.491 e. The lowest BCUT2D eigenvalue weighted by atomic mass is 9.70. The molecular weight excluding hydrogens is 1430 g/mol. The van der Waals surface area contributed by atoms with E-state index in [0.717, 1.165) is 78.7 Å². The molecule has 0 amide bonds. The Morgan fingerprint density at radius 2 is 0.589 bits per heavy atom. The average molecular weight is 1550 g/mol. The van der Waals surface area contributed by atoms with Crippen LogP contribution in [0.15, 0.2) is 170 Å². The fraction of sp³-hybridized carbons (Fsp3) is 0.494. The van der Waals surface area contributed by atoms with Gasteiger partial charge in [-0.05, 0) is 140 Å². The number of anilines is 3. The topological polar surface area (TPSA) is 222 Å². The van der Waals surface area contributed by atoms with Crippen LogP contribution in [0.3, 0.4) is 0 Å². The van der Waals surface area contributed by atoms with Gasteiger partial charge in [0, 0.05) is 53.5 Å². The number of rotatable bonds is 35. The minimum absolute atomic E-state index is 0.0103. The van der Waals surface area contributed by atoms with Gasteiger partial charge in [0.15, 0.2) is 0 Å². The molecule has 1 saturated carbocycles. The third kappa shape index (κ3) is 31.0. The maximum Gasteiger partial charge on any atom is 0.235 e. The summed E-state index contributed by atoms with van der Waals surface area (Å²) in [6.45, 7) is 32.5. The van der Waals surface area contributed by atoms with E-state index >= 15 is 0 Å². The molecule has 0 radical (unpaired) electrons. The van der Waals surface area contributed by atoms with Gasteiger partial charge in [0.1, 0.15) is 126 Å². The second kappa shape index (κ2) is 48.4. The number of nitrogens with zero attached hydrogens (tertiary/aromatic N) is 6. The van der Waals surface area contributed by atoms with Gasteiger partial charge in [-0.3, -0.25) is 14.7 Å². The van der Waals surface area contributed by atoms with Crippen LogP contribution >= 0.6 is 0 Å². The normalized spacial score (nSPS) is 17.3. The quantitative estimate of drug-likeness (QED) is 0.0205. The van der Waals surface area contributed by atoms with E-state index in [1.54, 1.807) is 57.4 Å². The standard InChI is InChI=1S/C38H40O6.C15H30N6O6.C10H12O.2C9H10O2.2C3H8.C2H6/c1-37(2,27-8-14-31(15-9-27)39-20-34-23-42-34)26-4-6-28(7-5-26)38(3,29-10-16-32(17-11-29)40-21-35-24-43-35)30-12-18-33(19-13-30)41-22-36-25-44-36;1-22-7-19(8-23-2)13-16-14(20(9-24-3)10-25-4)18-15(17-13)21(11-26-5)12-27-6;1-8-4-2-3-5-10(8)11-9-6-7-9;2*1-7-4-2-3-5-8(7)11-9-6-10-9;2*1-3-2;1-2/h4-19,34-36H,20-25H2,1-3H3;7-12H2,1-6H3;2-5,9H,6-7H2,1H3;2*2-5,9H,6H2,1H3;2*3H2,1-2H3;1-2H3. The third-order valence-corrected chi connectivity index (χ3v) is 17.5. The molecule has 5 aliphatic heterocycles. The molecule has 0 bridgehead atoms. The van der Waals surface area contributed by atoms with Crippen LogP contribution in [0.1, 0.15) is 133 Å². The van der Waals surface area contributed by atoms with Gasteiger partial charge in [0.25, 0.3) is 0 Å². The molecule has 5 atom stereocenters. The number of benzene rings is 7. The van der Waals surface area contributed by atoms with Gasteiger partial charge in [-0.1, -0.05) is 183 Å². The molecule has 14 rings (SSSR count). The van der Waals surface area contributed by atoms with Crippen LogP contribution in [-0.2, 0) is 62.9 Å². The Labute approximate surface area is 666 Å². The van der Waals surface area contributed by atoms with Crippen molar-refractivity contribution in [2.75, 3.05) is 151 Å². The van der Waals surface area contributed by atoms with Crippen LogP contribution in [-0.4, -0.2) is 188 Å². The van der Waals surface area contributed by atoms with E-state index in [-0.39, 0.29) is 76.7 Å². The summed E-state index contributed by atoms with van der Waals surface area (Å²) in [6, 6.07) is 58.5. The van der Waals surface area contributed by atoms with Crippen LogP contribution in [0, 0.1) is 20.8 Å². The van der Waals surface area contributed by atoms with Crippen LogP contribution < -0.4 is 43.1 Å². The molecule has 23 nitrogen and oxygen atoms in total. The summed E-state index contributed by atoms with van der Waals surface area (Å²) in [4.78, 5) is 18.7. The molecule has 1 aromatic heterocycles. The van der Waals surface area contributed by atoms with Crippen LogP contribution in [0.5, 0.6) is 34.5 Å². The number of para-hydroxylation sites is 3. The maximum absolute atomic E-state index is 5.94. The van der Waals surface area contributed by atoms with E-state index in [9.17, 15) is 0 Å². The first kappa shape index (κ1) is 90.5. The van der Waals surface area contributed by atoms with E-state index in [2.05, 4.69) is 173 Å². The first-order valence-corrected chi connectivity index (χ1v) is 38.9. The highest BCUT2D eigenvalue weighted by atomic mass is 16.8. The number of hydrogen-bond donors (Lipinski definition) is 0. The molecule has 6 fully saturated rings. The number of epoxide rings is 5. The van der Waals surface area contributed by atoms with Crippen molar-refractivity contribution in [3.8, 4) is 34.5 Å². The lowest BCUT2D eigenvalue weighted by Gasteiger charge is -2.33. The summed E-state index contributed by atoms with van der Waals surface area (Å²) in [5.41, 5.74) is 9.04. The second-order valence-electron chi connectivity index (χ2n) is 27.9. The molecule has 5 saturated heterocycles. The van der Waals surface area contributed by atoms with E-state index in [1.165, 1.54) is 59.1 Å². The van der Waals surface area contributed by atoms with Gasteiger partial charge < -0.3 is 80.5 Å². The van der Waals surface area contributed by atoms with Crippen molar-refractivity contribution in [3.63, 3.8) is 0 Å². The van der Waals surface area contributed by atoms with Gasteiger partial charge in [0.2, 0.25) is 30.4 Å². The van der Waals surface area contributed by atoms with Crippen molar-refractivity contribution in [1.82, 2.24) is 15.0 Å². The van der Waals surface area contributed by atoms with Gasteiger partial charge in [-0.15, -0.1) is 0 Å². The summed E-state index contributed by atoms with van der Waals surface area (Å²) in [6.07, 6.45) is 6.19. The highest BCUT2D eigenvalue weighted by molar-refractivity contribution is 5.53. The molecule has 1 aliphatic carbocycles. The third-order valence-electron chi connectivity index (χ3n) is 17.5. The number of aromatic nitrogens is 3. The van der Waals surface area contributed by atoms with E-state index in [1.807, 2.05) is 94.4 Å². The number of methoxy groups -OCH3 is 6. The van der Waals surface area contributed by atoms with Crippen molar-refractivity contribution in [3.05, 3.63) is 214 Å². The Hall–Kier alpha value is -8.69. The average Bonchev–Trinajstić information content (AvgIpc) is 1.53. The first-order chi connectivity index (χ1) is 54.4. The smallest absolute Gasteiger partial charge is 0.235 e. The number of ether oxygens (including phenoxy) is 17. The number of aryl methyl sites for hydroxylation is 3. The Bertz CT molecular complexity index is 3580. The fourth-order valence-electron chi connectivity index (χ4n) is 10.8. The number of hydrogen-bond acceptors (Lipinski definition) is 23. The molecule has 0 N–H and O–H groups in total. The Kier molecular flexibility index (Phi) is 39.1. The van der Waals surface area contributed by atoms with Crippen molar-refractivity contribution < 1.29 is 80.5 Å². The summed E-state index contributed by atoms with van der Waals surface area (Å²) >= 11 is 0. The van der Waals surface area contributed by atoms with Gasteiger partial charge in [-0.2, -0.15) is 15.0 Å². The van der Waals surface area contributed by atoms with Crippen LogP contribution in [0.2, 0.25) is 0 Å². The monoisotopic (exact) mass is 1550 g/mol. The first-order valence-electron chi connectivity index (χ1n) is 38.9. The molecule has 612 valence electrons. The molecule has 23 heteroatoms. The summed E-state index contributed by atoms with van der Waals surface area (Å²) in [5, 5.41) is 0.